The fourth-order valence-corrected chi connectivity index (χ4v) is 4.48. The molecule has 0 heterocycles. The van der Waals surface area contributed by atoms with E-state index in [-0.39, 0.29) is 11.4 Å². The normalized spacial score (nSPS) is 12.7. The zero-order valence-electron chi connectivity index (χ0n) is 21.5. The number of methoxy groups -OCH3 is 2. The summed E-state index contributed by atoms with van der Waals surface area (Å²) >= 11 is 0. The third-order valence-corrected chi connectivity index (χ3v) is 6.18. The summed E-state index contributed by atoms with van der Waals surface area (Å²) < 4.78 is 65.8. The van der Waals surface area contributed by atoms with Crippen LogP contribution in [0.5, 0.6) is 23.0 Å². The molecule has 36 heavy (non-hydrogen) atoms. The van der Waals surface area contributed by atoms with Gasteiger partial charge in [-0.1, -0.05) is 6.07 Å². The van der Waals surface area contributed by atoms with Gasteiger partial charge in [0.2, 0.25) is 0 Å². The van der Waals surface area contributed by atoms with Crippen molar-refractivity contribution in [3.63, 3.8) is 0 Å². The van der Waals surface area contributed by atoms with Crippen LogP contribution in [0.1, 0.15) is 31.0 Å². The maximum absolute atomic E-state index is 11.2. The second-order valence-electron chi connectivity index (χ2n) is 7.74. The van der Waals surface area contributed by atoms with Crippen LogP contribution in [-0.4, -0.2) is 62.5 Å². The van der Waals surface area contributed by atoms with Crippen molar-refractivity contribution < 1.29 is 35.8 Å². The van der Waals surface area contributed by atoms with Crippen molar-refractivity contribution in [2.45, 2.75) is 19.9 Å². The number of benzene rings is 2. The fourth-order valence-electron chi connectivity index (χ4n) is 3.04. The van der Waals surface area contributed by atoms with E-state index in [9.17, 15) is 16.8 Å². The smallest absolute Gasteiger partial charge is 0.170 e. The van der Waals surface area contributed by atoms with Crippen LogP contribution >= 0.6 is 0 Å². The summed E-state index contributed by atoms with van der Waals surface area (Å²) in [5.74, 6) is 2.19. The lowest BCUT2D eigenvalue weighted by atomic mass is 10.1. The Bertz CT molecular complexity index is 1240. The highest BCUT2D eigenvalue weighted by molar-refractivity contribution is 7.93. The number of sulfone groups is 2. The first-order valence-corrected chi connectivity index (χ1v) is 15.0. The molecular formula is C24H36N2O8S2. The molecule has 0 amide bonds. The molecule has 10 nitrogen and oxygen atoms in total. The van der Waals surface area contributed by atoms with Crippen LogP contribution in [0, 0.1) is 0 Å². The second kappa shape index (κ2) is 14.0. The van der Waals surface area contributed by atoms with Crippen molar-refractivity contribution in [3.8, 4) is 23.0 Å². The van der Waals surface area contributed by atoms with Gasteiger partial charge < -0.3 is 30.4 Å². The van der Waals surface area contributed by atoms with Gasteiger partial charge in [0.1, 0.15) is 9.84 Å². The molecule has 0 spiro atoms. The predicted molar refractivity (Wildman–Crippen MR) is 142 cm³/mol. The van der Waals surface area contributed by atoms with Gasteiger partial charge in [0, 0.05) is 24.1 Å². The van der Waals surface area contributed by atoms with E-state index in [0.717, 1.165) is 11.7 Å². The third-order valence-electron chi connectivity index (χ3n) is 4.54. The molecule has 0 saturated heterocycles. The number of ether oxygens (including phenoxy) is 4. The summed E-state index contributed by atoms with van der Waals surface area (Å²) in [6.45, 7) is 4.70. The van der Waals surface area contributed by atoms with E-state index in [1.807, 2.05) is 13.8 Å². The van der Waals surface area contributed by atoms with Gasteiger partial charge in [-0.3, -0.25) is 0 Å². The molecule has 0 fully saturated rings. The van der Waals surface area contributed by atoms with Crippen LogP contribution in [-0.2, 0) is 19.7 Å². The average Bonchev–Trinajstić information content (AvgIpc) is 2.77. The molecule has 2 aromatic rings. The van der Waals surface area contributed by atoms with E-state index < -0.39 is 25.7 Å². The van der Waals surface area contributed by atoms with Crippen LogP contribution < -0.4 is 30.4 Å². The van der Waals surface area contributed by atoms with Crippen molar-refractivity contribution >= 4 is 25.4 Å². The highest BCUT2D eigenvalue weighted by atomic mass is 32.2. The van der Waals surface area contributed by atoms with Gasteiger partial charge in [0.25, 0.3) is 0 Å². The Kier molecular flexibility index (Phi) is 12.0. The predicted octanol–water partition coefficient (Wildman–Crippen LogP) is 2.53. The van der Waals surface area contributed by atoms with E-state index in [4.69, 9.17) is 30.4 Å². The molecular weight excluding hydrogens is 508 g/mol. The van der Waals surface area contributed by atoms with Crippen molar-refractivity contribution in [1.82, 2.24) is 0 Å². The Morgan fingerprint density at radius 2 is 1.36 bits per heavy atom. The lowest BCUT2D eigenvalue weighted by Gasteiger charge is -2.15. The molecule has 1 atom stereocenters. The first-order chi connectivity index (χ1) is 16.7. The van der Waals surface area contributed by atoms with E-state index >= 15 is 0 Å². The molecule has 2 aromatic carbocycles. The van der Waals surface area contributed by atoms with E-state index in [1.165, 1.54) is 13.4 Å². The summed E-state index contributed by atoms with van der Waals surface area (Å²) in [5, 5.41) is 1.02. The minimum Gasteiger partial charge on any atom is -0.493 e. The van der Waals surface area contributed by atoms with Crippen LogP contribution in [0.15, 0.2) is 41.8 Å². The molecule has 2 rings (SSSR count). The third kappa shape index (κ3) is 10.8. The van der Waals surface area contributed by atoms with Crippen LogP contribution in [0.4, 0.5) is 0 Å². The minimum atomic E-state index is -3.27. The van der Waals surface area contributed by atoms with Gasteiger partial charge in [-0.05, 0) is 49.7 Å². The maximum atomic E-state index is 11.2. The first kappa shape index (κ1) is 31.1. The van der Waals surface area contributed by atoms with Crippen molar-refractivity contribution in [2.75, 3.05) is 45.7 Å². The fraction of sp³-hybridized carbons (Fsp3) is 0.417. The Balaban J connectivity index is 0.000000360. The Labute approximate surface area is 214 Å². The molecule has 4 N–H and O–H groups in total. The van der Waals surface area contributed by atoms with E-state index in [0.29, 0.717) is 47.3 Å². The Hall–Kier alpha value is -2.96. The molecule has 0 aromatic heterocycles. The summed E-state index contributed by atoms with van der Waals surface area (Å²) in [7, 11) is -3.30. The molecule has 0 unspecified atom stereocenters. The summed E-state index contributed by atoms with van der Waals surface area (Å²) in [5.41, 5.74) is 13.0. The van der Waals surface area contributed by atoms with Gasteiger partial charge in [0.05, 0.1) is 44.3 Å². The quantitative estimate of drug-likeness (QED) is 0.431. The van der Waals surface area contributed by atoms with Crippen LogP contribution in [0.25, 0.3) is 5.70 Å². The molecule has 202 valence electrons. The van der Waals surface area contributed by atoms with Gasteiger partial charge in [-0.25, -0.2) is 16.8 Å². The summed E-state index contributed by atoms with van der Waals surface area (Å²) in [6, 6.07) is 9.64. The van der Waals surface area contributed by atoms with Crippen molar-refractivity contribution in [3.05, 3.63) is 52.9 Å². The number of hydrogen-bond donors (Lipinski definition) is 2. The number of hydrogen-bond acceptors (Lipinski definition) is 10. The molecule has 0 saturated carbocycles. The second-order valence-corrected chi connectivity index (χ2v) is 11.8. The Morgan fingerprint density at radius 3 is 1.81 bits per heavy atom. The van der Waals surface area contributed by atoms with E-state index in [2.05, 4.69) is 0 Å². The molecule has 0 aliphatic carbocycles. The van der Waals surface area contributed by atoms with Gasteiger partial charge in [-0.15, -0.1) is 0 Å². The first-order valence-electron chi connectivity index (χ1n) is 11.0. The molecule has 0 aliphatic rings. The molecule has 0 radical (unpaired) electrons. The maximum Gasteiger partial charge on any atom is 0.170 e. The van der Waals surface area contributed by atoms with Crippen LogP contribution in [0.2, 0.25) is 0 Å². The number of rotatable bonds is 11. The minimum absolute atomic E-state index is 0.0924. The van der Waals surface area contributed by atoms with Crippen molar-refractivity contribution in [2.24, 2.45) is 11.5 Å². The standard InChI is InChI=1S/C12H19NO4S.C12H17NO4S/c2*1-4-17-12-7-9(5-6-11(12)16-2)10(13)8-18(3,14)15/h5-7,10H,4,8,13H2,1-3H3;5-8H,4,13H2,1-3H3/t10-;/m0./s1. The topological polar surface area (TPSA) is 157 Å². The number of nitrogens with two attached hydrogens (primary N) is 2. The largest absolute Gasteiger partial charge is 0.493 e. The lowest BCUT2D eigenvalue weighted by Crippen LogP contribution is -2.20. The zero-order chi connectivity index (χ0) is 27.5. The highest BCUT2D eigenvalue weighted by Gasteiger charge is 2.15. The Morgan fingerprint density at radius 1 is 0.861 bits per heavy atom. The summed E-state index contributed by atoms with van der Waals surface area (Å²) in [6.07, 6.45) is 2.26. The summed E-state index contributed by atoms with van der Waals surface area (Å²) in [4.78, 5) is 0. The van der Waals surface area contributed by atoms with Gasteiger partial charge in [-0.2, -0.15) is 0 Å². The zero-order valence-corrected chi connectivity index (χ0v) is 23.1. The highest BCUT2D eigenvalue weighted by Crippen LogP contribution is 2.31. The SMILES string of the molecule is CCOc1cc(C(N)=CS(C)(=O)=O)ccc1OC.CCOc1cc([C@@H](N)CS(C)(=O)=O)ccc1OC. The van der Waals surface area contributed by atoms with Crippen LogP contribution in [0.3, 0.4) is 0 Å². The molecule has 0 aliphatic heterocycles. The van der Waals surface area contributed by atoms with Crippen molar-refractivity contribution in [1.29, 1.82) is 0 Å². The monoisotopic (exact) mass is 544 g/mol. The molecule has 0 bridgehead atoms. The van der Waals surface area contributed by atoms with Gasteiger partial charge in [0.15, 0.2) is 32.8 Å². The van der Waals surface area contributed by atoms with E-state index in [1.54, 1.807) is 43.5 Å². The van der Waals surface area contributed by atoms with Gasteiger partial charge >= 0.3 is 0 Å². The average molecular weight is 545 g/mol. The molecule has 12 heteroatoms. The lowest BCUT2D eigenvalue weighted by molar-refractivity contribution is 0.310.